The van der Waals surface area contributed by atoms with E-state index in [-0.39, 0.29) is 24.4 Å². The number of hydrogen-bond donors (Lipinski definition) is 2. The molecule has 2 N–H and O–H groups in total. The Labute approximate surface area is 154 Å². The van der Waals surface area contributed by atoms with E-state index in [0.29, 0.717) is 12.2 Å². The molecule has 0 unspecified atom stereocenters. The number of carbonyl (C=O) groups excluding carboxylic acids is 2. The molecule has 0 saturated carbocycles. The molecule has 130 valence electrons. The second-order valence-corrected chi connectivity index (χ2v) is 6.63. The summed E-state index contributed by atoms with van der Waals surface area (Å²) in [6.07, 6.45) is 0.276. The van der Waals surface area contributed by atoms with E-state index in [0.717, 1.165) is 15.9 Å². The molecule has 6 nitrogen and oxygen atoms in total. The highest BCUT2D eigenvalue weighted by Crippen LogP contribution is 2.24. The van der Waals surface area contributed by atoms with E-state index in [2.05, 4.69) is 26.6 Å². The number of urea groups is 1. The standard InChI is InChI=1S/C18H18BrN3O3/c1-25-16-7-5-15(6-8-16)22-11-14(10-17(22)23)21-18(24)20-13-4-2-3-12(19)9-13/h2-9,14H,10-11H2,1H3,(H2,20,21,24)/t14-/m0/s1. The predicted molar refractivity (Wildman–Crippen MR) is 100 cm³/mol. The topological polar surface area (TPSA) is 70.7 Å². The summed E-state index contributed by atoms with van der Waals surface area (Å²) in [5.41, 5.74) is 1.48. The highest BCUT2D eigenvalue weighted by Gasteiger charge is 2.31. The molecule has 2 aromatic rings. The third-order valence-corrected chi connectivity index (χ3v) is 4.42. The molecular formula is C18H18BrN3O3. The number of nitrogens with one attached hydrogen (secondary N) is 2. The Kier molecular flexibility index (Phi) is 5.23. The van der Waals surface area contributed by atoms with Gasteiger partial charge in [-0.1, -0.05) is 22.0 Å². The van der Waals surface area contributed by atoms with Crippen LogP contribution in [0.1, 0.15) is 6.42 Å². The van der Waals surface area contributed by atoms with Crippen LogP contribution in [0.5, 0.6) is 5.75 Å². The Morgan fingerprint density at radius 3 is 2.68 bits per heavy atom. The molecule has 1 aliphatic rings. The van der Waals surface area contributed by atoms with Crippen LogP contribution < -0.4 is 20.3 Å². The fourth-order valence-corrected chi connectivity index (χ4v) is 3.13. The third-order valence-electron chi connectivity index (χ3n) is 3.93. The van der Waals surface area contributed by atoms with Crippen LogP contribution in [0.4, 0.5) is 16.2 Å². The Hall–Kier alpha value is -2.54. The van der Waals surface area contributed by atoms with Gasteiger partial charge in [-0.2, -0.15) is 0 Å². The van der Waals surface area contributed by atoms with Crippen LogP contribution in [0.15, 0.2) is 53.0 Å². The normalized spacial score (nSPS) is 16.6. The van der Waals surface area contributed by atoms with Crippen molar-refractivity contribution in [1.29, 1.82) is 0 Å². The second kappa shape index (κ2) is 7.57. The first-order chi connectivity index (χ1) is 12.0. The lowest BCUT2D eigenvalue weighted by Gasteiger charge is -2.17. The maximum Gasteiger partial charge on any atom is 0.319 e. The fourth-order valence-electron chi connectivity index (χ4n) is 2.73. The molecule has 0 radical (unpaired) electrons. The van der Waals surface area contributed by atoms with Crippen molar-refractivity contribution in [2.45, 2.75) is 12.5 Å². The van der Waals surface area contributed by atoms with Gasteiger partial charge in [0.05, 0.1) is 13.2 Å². The Morgan fingerprint density at radius 2 is 2.00 bits per heavy atom. The van der Waals surface area contributed by atoms with Gasteiger partial charge in [0.25, 0.3) is 0 Å². The molecule has 0 aromatic heterocycles. The van der Waals surface area contributed by atoms with Gasteiger partial charge in [-0.3, -0.25) is 4.79 Å². The Bertz CT molecular complexity index is 779. The molecule has 0 bridgehead atoms. The zero-order chi connectivity index (χ0) is 17.8. The first kappa shape index (κ1) is 17.3. The van der Waals surface area contributed by atoms with Crippen molar-refractivity contribution in [2.24, 2.45) is 0 Å². The highest BCUT2D eigenvalue weighted by molar-refractivity contribution is 9.10. The van der Waals surface area contributed by atoms with Crippen LogP contribution in [0.3, 0.4) is 0 Å². The van der Waals surface area contributed by atoms with E-state index in [4.69, 9.17) is 4.74 Å². The first-order valence-corrected chi connectivity index (χ1v) is 8.62. The van der Waals surface area contributed by atoms with E-state index >= 15 is 0 Å². The predicted octanol–water partition coefficient (Wildman–Crippen LogP) is 3.38. The Balaban J connectivity index is 1.59. The van der Waals surface area contributed by atoms with Crippen LogP contribution in [-0.4, -0.2) is 31.6 Å². The summed E-state index contributed by atoms with van der Waals surface area (Å²) in [4.78, 5) is 26.0. The van der Waals surface area contributed by atoms with Gasteiger partial charge in [0.2, 0.25) is 5.91 Å². The minimum absolute atomic E-state index is 0.0158. The summed E-state index contributed by atoms with van der Waals surface area (Å²) >= 11 is 3.36. The van der Waals surface area contributed by atoms with E-state index in [9.17, 15) is 9.59 Å². The van der Waals surface area contributed by atoms with E-state index in [1.54, 1.807) is 18.1 Å². The van der Waals surface area contributed by atoms with E-state index in [1.807, 2.05) is 42.5 Å². The smallest absolute Gasteiger partial charge is 0.319 e. The monoisotopic (exact) mass is 403 g/mol. The van der Waals surface area contributed by atoms with Crippen molar-refractivity contribution < 1.29 is 14.3 Å². The maximum atomic E-state index is 12.2. The first-order valence-electron chi connectivity index (χ1n) is 7.82. The number of rotatable bonds is 4. The van der Waals surface area contributed by atoms with Gasteiger partial charge in [0.15, 0.2) is 0 Å². The SMILES string of the molecule is COc1ccc(N2C[C@@H](NC(=O)Nc3cccc(Br)c3)CC2=O)cc1. The molecule has 1 aliphatic heterocycles. The van der Waals surface area contributed by atoms with Gasteiger partial charge in [0.1, 0.15) is 5.75 Å². The fraction of sp³-hybridized carbons (Fsp3) is 0.222. The highest BCUT2D eigenvalue weighted by atomic mass is 79.9. The summed E-state index contributed by atoms with van der Waals surface area (Å²) in [7, 11) is 1.60. The lowest BCUT2D eigenvalue weighted by Crippen LogP contribution is -2.39. The number of halogens is 1. The molecule has 7 heteroatoms. The summed E-state index contributed by atoms with van der Waals surface area (Å²) < 4.78 is 6.01. The van der Waals surface area contributed by atoms with Gasteiger partial charge in [-0.05, 0) is 42.5 Å². The Morgan fingerprint density at radius 1 is 1.24 bits per heavy atom. The van der Waals surface area contributed by atoms with Crippen molar-refractivity contribution in [3.8, 4) is 5.75 Å². The summed E-state index contributed by atoms with van der Waals surface area (Å²) in [5, 5.41) is 5.61. The molecule has 25 heavy (non-hydrogen) atoms. The zero-order valence-corrected chi connectivity index (χ0v) is 15.2. The molecule has 0 aliphatic carbocycles. The molecule has 3 amide bonds. The molecular weight excluding hydrogens is 386 g/mol. The quantitative estimate of drug-likeness (QED) is 0.821. The average Bonchev–Trinajstić information content (AvgIpc) is 2.95. The van der Waals surface area contributed by atoms with Gasteiger partial charge >= 0.3 is 6.03 Å². The van der Waals surface area contributed by atoms with Gasteiger partial charge in [-0.15, -0.1) is 0 Å². The van der Waals surface area contributed by atoms with Crippen LogP contribution in [-0.2, 0) is 4.79 Å². The largest absolute Gasteiger partial charge is 0.497 e. The number of methoxy groups -OCH3 is 1. The van der Waals surface area contributed by atoms with E-state index < -0.39 is 0 Å². The van der Waals surface area contributed by atoms with Crippen LogP contribution in [0.2, 0.25) is 0 Å². The molecule has 3 rings (SSSR count). The van der Waals surface area contributed by atoms with Gasteiger partial charge in [0, 0.05) is 28.8 Å². The number of carbonyl (C=O) groups is 2. The zero-order valence-electron chi connectivity index (χ0n) is 13.7. The summed E-state index contributed by atoms with van der Waals surface area (Å²) in [6.45, 7) is 0.442. The van der Waals surface area contributed by atoms with Crippen molar-refractivity contribution in [3.05, 3.63) is 53.0 Å². The van der Waals surface area contributed by atoms with Crippen LogP contribution in [0, 0.1) is 0 Å². The van der Waals surface area contributed by atoms with Crippen molar-refractivity contribution in [2.75, 3.05) is 23.9 Å². The van der Waals surface area contributed by atoms with Gasteiger partial charge < -0.3 is 20.3 Å². The average molecular weight is 404 g/mol. The number of anilines is 2. The number of nitrogens with zero attached hydrogens (tertiary/aromatic N) is 1. The number of ether oxygens (including phenoxy) is 1. The molecule has 1 saturated heterocycles. The number of hydrogen-bond acceptors (Lipinski definition) is 3. The molecule has 0 spiro atoms. The van der Waals surface area contributed by atoms with Crippen molar-refractivity contribution in [1.82, 2.24) is 5.32 Å². The number of amides is 3. The molecule has 2 aromatic carbocycles. The minimum Gasteiger partial charge on any atom is -0.497 e. The molecule has 1 atom stereocenters. The lowest BCUT2D eigenvalue weighted by molar-refractivity contribution is -0.117. The van der Waals surface area contributed by atoms with Crippen molar-refractivity contribution in [3.63, 3.8) is 0 Å². The van der Waals surface area contributed by atoms with Crippen molar-refractivity contribution >= 4 is 39.2 Å². The minimum atomic E-state index is -0.326. The maximum absolute atomic E-state index is 12.2. The molecule has 1 heterocycles. The van der Waals surface area contributed by atoms with Crippen LogP contribution in [0.25, 0.3) is 0 Å². The summed E-state index contributed by atoms with van der Waals surface area (Å²) in [6, 6.07) is 14.1. The second-order valence-electron chi connectivity index (χ2n) is 5.71. The lowest BCUT2D eigenvalue weighted by atomic mass is 10.2. The van der Waals surface area contributed by atoms with Gasteiger partial charge in [-0.25, -0.2) is 4.79 Å². The molecule has 1 fully saturated rings. The number of benzene rings is 2. The summed E-state index contributed by atoms with van der Waals surface area (Å²) in [5.74, 6) is 0.719. The third kappa shape index (κ3) is 4.30. The van der Waals surface area contributed by atoms with E-state index in [1.165, 1.54) is 0 Å². The van der Waals surface area contributed by atoms with Crippen LogP contribution >= 0.6 is 15.9 Å².